The van der Waals surface area contributed by atoms with E-state index in [0.717, 1.165) is 0 Å². The Morgan fingerprint density at radius 3 is 2.00 bits per heavy atom. The predicted octanol–water partition coefficient (Wildman–Crippen LogP) is 3.89. The van der Waals surface area contributed by atoms with Crippen LogP contribution in [-0.4, -0.2) is 0 Å². The highest BCUT2D eigenvalue weighted by Crippen LogP contribution is 2.21. The Bertz CT molecular complexity index is 409. The maximum atomic E-state index is 2.20. The standard InChI is InChI=1S/C15H14/c1-2-4-6-8-11-15-13-9-12-14(15)10-7-5-3-1/h1-14H/b2-1+,5-3-,6-4-,10-7-,11-8+. The van der Waals surface area contributed by atoms with Crippen molar-refractivity contribution in [2.45, 2.75) is 0 Å². The lowest BCUT2D eigenvalue weighted by Crippen LogP contribution is -1.89. The summed E-state index contributed by atoms with van der Waals surface area (Å²) in [6.07, 6.45) is 27.2. The van der Waals surface area contributed by atoms with Crippen LogP contribution in [0.3, 0.4) is 0 Å². The molecule has 0 aromatic heterocycles. The first kappa shape index (κ1) is 9.72. The third-order valence-electron chi connectivity index (χ3n) is 2.38. The second-order valence-corrected chi connectivity index (χ2v) is 3.48. The Morgan fingerprint density at radius 2 is 1.20 bits per heavy atom. The molecule has 0 saturated carbocycles. The van der Waals surface area contributed by atoms with Gasteiger partial charge in [-0.2, -0.15) is 0 Å². The van der Waals surface area contributed by atoms with Gasteiger partial charge in [-0.15, -0.1) is 0 Å². The fourth-order valence-corrected chi connectivity index (χ4v) is 1.59. The van der Waals surface area contributed by atoms with Crippen LogP contribution in [0.25, 0.3) is 0 Å². The maximum Gasteiger partial charge on any atom is 0.0204 e. The Morgan fingerprint density at radius 1 is 0.600 bits per heavy atom. The molecule has 0 nitrogen and oxygen atoms in total. The summed E-state index contributed by atoms with van der Waals surface area (Å²) >= 11 is 0. The zero-order valence-corrected chi connectivity index (χ0v) is 8.58. The quantitative estimate of drug-likeness (QED) is 0.548. The van der Waals surface area contributed by atoms with E-state index in [-0.39, 0.29) is 0 Å². The van der Waals surface area contributed by atoms with Crippen molar-refractivity contribution < 1.29 is 0 Å². The summed E-state index contributed by atoms with van der Waals surface area (Å²) in [6.45, 7) is 0. The van der Waals surface area contributed by atoms with Crippen LogP contribution in [0.4, 0.5) is 0 Å². The molecule has 0 bridgehead atoms. The van der Waals surface area contributed by atoms with Crippen molar-refractivity contribution in [2.75, 3.05) is 0 Å². The van der Waals surface area contributed by atoms with Gasteiger partial charge in [0.2, 0.25) is 0 Å². The third kappa shape index (κ3) is 2.81. The molecule has 0 radical (unpaired) electrons. The molecule has 0 aromatic carbocycles. The molecular formula is C15H14. The monoisotopic (exact) mass is 194 g/mol. The van der Waals surface area contributed by atoms with Gasteiger partial charge in [0.05, 0.1) is 0 Å². The SMILES string of the molecule is C1=CC2\C=C/C=C\C=C\C=C/C=C/C2=C1. The van der Waals surface area contributed by atoms with Crippen molar-refractivity contribution in [3.63, 3.8) is 0 Å². The van der Waals surface area contributed by atoms with Gasteiger partial charge in [0, 0.05) is 5.92 Å². The van der Waals surface area contributed by atoms with E-state index < -0.39 is 0 Å². The van der Waals surface area contributed by atoms with Gasteiger partial charge in [0.25, 0.3) is 0 Å². The van der Waals surface area contributed by atoms with Gasteiger partial charge in [-0.3, -0.25) is 0 Å². The molecule has 0 fully saturated rings. The Labute approximate surface area is 91.0 Å². The minimum atomic E-state index is 0.433. The molecule has 1 unspecified atom stereocenters. The summed E-state index contributed by atoms with van der Waals surface area (Å²) in [7, 11) is 0. The summed E-state index contributed by atoms with van der Waals surface area (Å²) < 4.78 is 0. The van der Waals surface area contributed by atoms with Crippen LogP contribution in [0, 0.1) is 5.92 Å². The highest BCUT2D eigenvalue weighted by atomic mass is 14.1. The maximum absolute atomic E-state index is 2.20. The highest BCUT2D eigenvalue weighted by Gasteiger charge is 2.07. The molecule has 0 aliphatic heterocycles. The number of hydrogen-bond acceptors (Lipinski definition) is 0. The van der Waals surface area contributed by atoms with E-state index in [4.69, 9.17) is 0 Å². The van der Waals surface area contributed by atoms with Gasteiger partial charge in [-0.05, 0) is 5.57 Å². The molecule has 2 aliphatic rings. The smallest absolute Gasteiger partial charge is 0.0204 e. The zero-order chi connectivity index (χ0) is 10.3. The molecule has 0 N–H and O–H groups in total. The highest BCUT2D eigenvalue weighted by molar-refractivity contribution is 5.40. The summed E-state index contributed by atoms with van der Waals surface area (Å²) in [5.41, 5.74) is 1.34. The van der Waals surface area contributed by atoms with Crippen molar-refractivity contribution in [1.29, 1.82) is 0 Å². The lowest BCUT2D eigenvalue weighted by Gasteiger charge is -2.03. The normalized spacial score (nSPS) is 34.1. The van der Waals surface area contributed by atoms with Crippen molar-refractivity contribution in [3.05, 3.63) is 84.6 Å². The van der Waals surface area contributed by atoms with E-state index in [9.17, 15) is 0 Å². The van der Waals surface area contributed by atoms with Crippen LogP contribution in [0.2, 0.25) is 0 Å². The lowest BCUT2D eigenvalue weighted by atomic mass is 10.0. The average Bonchev–Trinajstić information content (AvgIpc) is 2.65. The number of rotatable bonds is 0. The molecule has 0 saturated heterocycles. The Hall–Kier alpha value is -1.82. The van der Waals surface area contributed by atoms with Crippen LogP contribution in [-0.2, 0) is 0 Å². The van der Waals surface area contributed by atoms with Gasteiger partial charge < -0.3 is 0 Å². The van der Waals surface area contributed by atoms with Crippen LogP contribution < -0.4 is 0 Å². The molecule has 74 valence electrons. The molecular weight excluding hydrogens is 180 g/mol. The number of hydrogen-bond donors (Lipinski definition) is 0. The minimum absolute atomic E-state index is 0.433. The van der Waals surface area contributed by atoms with Crippen LogP contribution in [0.1, 0.15) is 0 Å². The van der Waals surface area contributed by atoms with Crippen molar-refractivity contribution in [1.82, 2.24) is 0 Å². The van der Waals surface area contributed by atoms with Crippen molar-refractivity contribution >= 4 is 0 Å². The molecule has 2 aliphatic carbocycles. The molecule has 15 heavy (non-hydrogen) atoms. The van der Waals surface area contributed by atoms with Crippen LogP contribution in [0.15, 0.2) is 84.6 Å². The van der Waals surface area contributed by atoms with Gasteiger partial charge in [-0.25, -0.2) is 0 Å². The van der Waals surface area contributed by atoms with E-state index in [2.05, 4.69) is 48.6 Å². The third-order valence-corrected chi connectivity index (χ3v) is 2.38. The van der Waals surface area contributed by atoms with Crippen LogP contribution in [0.5, 0.6) is 0 Å². The fraction of sp³-hybridized carbons (Fsp3) is 0.0667. The second-order valence-electron chi connectivity index (χ2n) is 3.48. The number of allylic oxidation sites excluding steroid dienone is 14. The molecule has 2 rings (SSSR count). The topological polar surface area (TPSA) is 0 Å². The molecule has 0 heteroatoms. The minimum Gasteiger partial charge on any atom is -0.0732 e. The summed E-state index contributed by atoms with van der Waals surface area (Å²) in [5, 5.41) is 0. The lowest BCUT2D eigenvalue weighted by molar-refractivity contribution is 1.03. The molecule has 0 heterocycles. The largest absolute Gasteiger partial charge is 0.0732 e. The predicted molar refractivity (Wildman–Crippen MR) is 66.4 cm³/mol. The van der Waals surface area contributed by atoms with Gasteiger partial charge in [0.15, 0.2) is 0 Å². The first-order valence-corrected chi connectivity index (χ1v) is 5.20. The number of fused-ring (bicyclic) bond motifs is 1. The molecule has 0 amide bonds. The van der Waals surface area contributed by atoms with E-state index in [1.165, 1.54) is 5.57 Å². The van der Waals surface area contributed by atoms with E-state index >= 15 is 0 Å². The van der Waals surface area contributed by atoms with Gasteiger partial charge in [0.1, 0.15) is 0 Å². The Balaban J connectivity index is 2.23. The summed E-state index contributed by atoms with van der Waals surface area (Å²) in [4.78, 5) is 0. The van der Waals surface area contributed by atoms with Gasteiger partial charge in [-0.1, -0.05) is 79.0 Å². The van der Waals surface area contributed by atoms with Gasteiger partial charge >= 0.3 is 0 Å². The fourth-order valence-electron chi connectivity index (χ4n) is 1.59. The molecule has 0 aromatic rings. The van der Waals surface area contributed by atoms with Crippen molar-refractivity contribution in [2.24, 2.45) is 5.92 Å². The second kappa shape index (κ2) is 5.16. The molecule has 0 spiro atoms. The average molecular weight is 194 g/mol. The Kier molecular flexibility index (Phi) is 3.34. The van der Waals surface area contributed by atoms with Crippen molar-refractivity contribution in [3.8, 4) is 0 Å². The first-order valence-electron chi connectivity index (χ1n) is 5.20. The van der Waals surface area contributed by atoms with E-state index in [0.29, 0.717) is 5.92 Å². The van der Waals surface area contributed by atoms with E-state index in [1.807, 2.05) is 30.4 Å². The first-order chi connectivity index (χ1) is 7.47. The van der Waals surface area contributed by atoms with E-state index in [1.54, 1.807) is 0 Å². The molecule has 1 atom stereocenters. The summed E-state index contributed by atoms with van der Waals surface area (Å²) in [6, 6.07) is 0. The summed E-state index contributed by atoms with van der Waals surface area (Å²) in [5.74, 6) is 0.433. The zero-order valence-electron chi connectivity index (χ0n) is 8.58. The van der Waals surface area contributed by atoms with Crippen LogP contribution >= 0.6 is 0 Å².